The minimum atomic E-state index is -0.385. The SMILES string of the molecule is CCCCn1c(SCc2cn(CC(=O)OC)nn2)nc2ccccc2c1=O. The molecule has 0 saturated carbocycles. The van der Waals surface area contributed by atoms with E-state index in [9.17, 15) is 9.59 Å². The maximum Gasteiger partial charge on any atom is 0.327 e. The van der Waals surface area contributed by atoms with Gasteiger partial charge in [-0.3, -0.25) is 14.2 Å². The van der Waals surface area contributed by atoms with Crippen molar-refractivity contribution < 1.29 is 9.53 Å². The van der Waals surface area contributed by atoms with Gasteiger partial charge in [-0.1, -0.05) is 42.5 Å². The number of unbranched alkanes of at least 4 members (excludes halogenated alkanes) is 1. The highest BCUT2D eigenvalue weighted by atomic mass is 32.2. The van der Waals surface area contributed by atoms with Crippen LogP contribution in [0.25, 0.3) is 10.9 Å². The van der Waals surface area contributed by atoms with E-state index in [1.807, 2.05) is 18.2 Å². The number of hydrogen-bond acceptors (Lipinski definition) is 7. The molecular formula is C18H21N5O3S. The quantitative estimate of drug-likeness (QED) is 0.332. The van der Waals surface area contributed by atoms with E-state index in [1.54, 1.807) is 16.8 Å². The predicted octanol–water partition coefficient (Wildman–Crippen LogP) is 2.25. The maximum atomic E-state index is 12.9. The summed E-state index contributed by atoms with van der Waals surface area (Å²) in [6.45, 7) is 2.74. The number of para-hydroxylation sites is 1. The average Bonchev–Trinajstić information content (AvgIpc) is 3.13. The summed E-state index contributed by atoms with van der Waals surface area (Å²) in [6, 6.07) is 7.37. The molecule has 0 amide bonds. The molecule has 0 spiro atoms. The molecular weight excluding hydrogens is 366 g/mol. The lowest BCUT2D eigenvalue weighted by atomic mass is 10.2. The van der Waals surface area contributed by atoms with Crippen molar-refractivity contribution >= 4 is 28.6 Å². The molecule has 0 bridgehead atoms. The number of aromatic nitrogens is 5. The highest BCUT2D eigenvalue weighted by Gasteiger charge is 2.13. The minimum Gasteiger partial charge on any atom is -0.468 e. The van der Waals surface area contributed by atoms with E-state index in [0.717, 1.165) is 12.8 Å². The van der Waals surface area contributed by atoms with Gasteiger partial charge in [-0.2, -0.15) is 0 Å². The number of hydrogen-bond donors (Lipinski definition) is 0. The zero-order valence-corrected chi connectivity index (χ0v) is 16.1. The Morgan fingerprint density at radius 2 is 2.11 bits per heavy atom. The fourth-order valence-corrected chi connectivity index (χ4v) is 3.49. The third-order valence-electron chi connectivity index (χ3n) is 4.02. The maximum absolute atomic E-state index is 12.9. The average molecular weight is 387 g/mol. The Hall–Kier alpha value is -2.68. The number of ether oxygens (including phenoxy) is 1. The number of benzene rings is 1. The van der Waals surface area contributed by atoms with Crippen molar-refractivity contribution in [2.75, 3.05) is 7.11 Å². The molecule has 3 rings (SSSR count). The number of esters is 1. The van der Waals surface area contributed by atoms with Crippen LogP contribution in [0.3, 0.4) is 0 Å². The van der Waals surface area contributed by atoms with Crippen LogP contribution in [0.2, 0.25) is 0 Å². The van der Waals surface area contributed by atoms with Crippen molar-refractivity contribution in [1.29, 1.82) is 0 Å². The molecule has 0 fully saturated rings. The number of nitrogens with zero attached hydrogens (tertiary/aromatic N) is 5. The highest BCUT2D eigenvalue weighted by Crippen LogP contribution is 2.21. The van der Waals surface area contributed by atoms with Gasteiger partial charge in [-0.25, -0.2) is 9.67 Å². The third-order valence-corrected chi connectivity index (χ3v) is 5.03. The molecule has 0 radical (unpaired) electrons. The first-order valence-electron chi connectivity index (χ1n) is 8.70. The molecule has 0 atom stereocenters. The Bertz CT molecular complexity index is 998. The number of fused-ring (bicyclic) bond motifs is 1. The Morgan fingerprint density at radius 1 is 1.30 bits per heavy atom. The van der Waals surface area contributed by atoms with Crippen molar-refractivity contribution in [3.63, 3.8) is 0 Å². The van der Waals surface area contributed by atoms with Gasteiger partial charge in [0.15, 0.2) is 5.16 Å². The van der Waals surface area contributed by atoms with Crippen LogP contribution in [-0.4, -0.2) is 37.6 Å². The zero-order valence-electron chi connectivity index (χ0n) is 15.3. The first kappa shape index (κ1) is 19.1. The molecule has 2 heterocycles. The molecule has 0 aliphatic rings. The monoisotopic (exact) mass is 387 g/mol. The van der Waals surface area contributed by atoms with Crippen LogP contribution in [0, 0.1) is 0 Å². The molecule has 0 aliphatic heterocycles. The van der Waals surface area contributed by atoms with Crippen molar-refractivity contribution in [2.45, 2.75) is 43.8 Å². The molecule has 0 aliphatic carbocycles. The fraction of sp³-hybridized carbons (Fsp3) is 0.389. The van der Waals surface area contributed by atoms with Gasteiger partial charge >= 0.3 is 5.97 Å². The molecule has 0 saturated heterocycles. The first-order chi connectivity index (χ1) is 13.1. The summed E-state index contributed by atoms with van der Waals surface area (Å²) in [5, 5.41) is 9.27. The van der Waals surface area contributed by atoms with E-state index < -0.39 is 0 Å². The molecule has 2 aromatic heterocycles. The Balaban J connectivity index is 1.83. The van der Waals surface area contributed by atoms with Crippen molar-refractivity contribution in [3.8, 4) is 0 Å². The van der Waals surface area contributed by atoms with Crippen LogP contribution in [0.4, 0.5) is 0 Å². The normalized spacial score (nSPS) is 11.0. The molecule has 0 unspecified atom stereocenters. The van der Waals surface area contributed by atoms with Crippen LogP contribution in [-0.2, 0) is 28.4 Å². The summed E-state index contributed by atoms with van der Waals surface area (Å²) in [5.41, 5.74) is 1.37. The number of carbonyl (C=O) groups is 1. The van der Waals surface area contributed by atoms with E-state index in [-0.39, 0.29) is 18.1 Å². The topological polar surface area (TPSA) is 91.9 Å². The van der Waals surface area contributed by atoms with Gasteiger partial charge in [0.1, 0.15) is 6.54 Å². The van der Waals surface area contributed by atoms with Gasteiger partial charge < -0.3 is 4.74 Å². The molecule has 1 aromatic carbocycles. The van der Waals surface area contributed by atoms with Gasteiger partial charge in [-0.15, -0.1) is 5.10 Å². The lowest BCUT2D eigenvalue weighted by Gasteiger charge is -2.12. The minimum absolute atomic E-state index is 0.0175. The summed E-state index contributed by atoms with van der Waals surface area (Å²) in [5.74, 6) is 0.113. The predicted molar refractivity (Wildman–Crippen MR) is 103 cm³/mol. The van der Waals surface area contributed by atoms with Crippen molar-refractivity contribution in [1.82, 2.24) is 24.5 Å². The molecule has 8 nitrogen and oxygen atoms in total. The zero-order chi connectivity index (χ0) is 19.2. The molecule has 3 aromatic rings. The van der Waals surface area contributed by atoms with E-state index in [0.29, 0.717) is 34.1 Å². The van der Waals surface area contributed by atoms with Gasteiger partial charge in [0.25, 0.3) is 5.56 Å². The van der Waals surface area contributed by atoms with Crippen LogP contribution in [0.15, 0.2) is 40.4 Å². The van der Waals surface area contributed by atoms with Crippen LogP contribution in [0.1, 0.15) is 25.5 Å². The van der Waals surface area contributed by atoms with Crippen LogP contribution in [0.5, 0.6) is 0 Å². The first-order valence-corrected chi connectivity index (χ1v) is 9.69. The summed E-state index contributed by atoms with van der Waals surface area (Å²) in [6.07, 6.45) is 3.59. The Labute approximate surface area is 160 Å². The number of thioether (sulfide) groups is 1. The van der Waals surface area contributed by atoms with Gasteiger partial charge in [0, 0.05) is 18.5 Å². The lowest BCUT2D eigenvalue weighted by Crippen LogP contribution is -2.23. The van der Waals surface area contributed by atoms with E-state index in [4.69, 9.17) is 0 Å². The smallest absolute Gasteiger partial charge is 0.327 e. The van der Waals surface area contributed by atoms with E-state index >= 15 is 0 Å². The largest absolute Gasteiger partial charge is 0.468 e. The summed E-state index contributed by atoms with van der Waals surface area (Å²) in [7, 11) is 1.33. The molecule has 27 heavy (non-hydrogen) atoms. The number of methoxy groups -OCH3 is 1. The Morgan fingerprint density at radius 3 is 2.89 bits per heavy atom. The second kappa shape index (κ2) is 8.81. The fourth-order valence-electron chi connectivity index (χ4n) is 2.59. The summed E-state index contributed by atoms with van der Waals surface area (Å²) >= 11 is 1.44. The third kappa shape index (κ3) is 4.54. The lowest BCUT2D eigenvalue weighted by molar-refractivity contribution is -0.141. The molecule has 9 heteroatoms. The number of rotatable bonds is 8. The Kier molecular flexibility index (Phi) is 6.23. The molecule has 142 valence electrons. The van der Waals surface area contributed by atoms with E-state index in [2.05, 4.69) is 27.0 Å². The van der Waals surface area contributed by atoms with Gasteiger partial charge in [0.05, 0.1) is 23.7 Å². The highest BCUT2D eigenvalue weighted by molar-refractivity contribution is 7.98. The van der Waals surface area contributed by atoms with Crippen molar-refractivity contribution in [2.24, 2.45) is 0 Å². The van der Waals surface area contributed by atoms with Crippen LogP contribution >= 0.6 is 11.8 Å². The molecule has 0 N–H and O–H groups in total. The van der Waals surface area contributed by atoms with Crippen LogP contribution < -0.4 is 5.56 Å². The standard InChI is InChI=1S/C18H21N5O3S/c1-3-4-9-23-17(25)14-7-5-6-8-15(14)19-18(23)27-12-13-10-22(21-20-13)11-16(24)26-2/h5-8,10H,3-4,9,11-12H2,1-2H3. The summed E-state index contributed by atoms with van der Waals surface area (Å²) in [4.78, 5) is 28.8. The van der Waals surface area contributed by atoms with Gasteiger partial charge in [-0.05, 0) is 18.6 Å². The number of carbonyl (C=O) groups excluding carboxylic acids is 1. The van der Waals surface area contributed by atoms with Gasteiger partial charge in [0.2, 0.25) is 0 Å². The summed E-state index contributed by atoms with van der Waals surface area (Å²) < 4.78 is 7.78. The second-order valence-corrected chi connectivity index (χ2v) is 6.94. The van der Waals surface area contributed by atoms with Crippen molar-refractivity contribution in [3.05, 3.63) is 46.5 Å². The van der Waals surface area contributed by atoms with E-state index in [1.165, 1.54) is 23.6 Å². The second-order valence-electron chi connectivity index (χ2n) is 5.99.